The molecule has 0 bridgehead atoms. The SMILES string of the molecule is CC(=O)c1cc(Nc2cc(C)cc(C)c2)ccc1N. The molecule has 0 spiro atoms. The van der Waals surface area contributed by atoms with E-state index < -0.39 is 0 Å². The summed E-state index contributed by atoms with van der Waals surface area (Å²) in [6, 6.07) is 11.7. The number of benzene rings is 2. The van der Waals surface area contributed by atoms with Crippen LogP contribution in [0.25, 0.3) is 0 Å². The van der Waals surface area contributed by atoms with Crippen LogP contribution in [0.1, 0.15) is 28.4 Å². The largest absolute Gasteiger partial charge is 0.398 e. The molecular weight excluding hydrogens is 236 g/mol. The molecule has 2 rings (SSSR count). The average Bonchev–Trinajstić information content (AvgIpc) is 2.30. The number of ketones is 1. The highest BCUT2D eigenvalue weighted by atomic mass is 16.1. The van der Waals surface area contributed by atoms with E-state index in [0.29, 0.717) is 11.3 Å². The Bertz CT molecular complexity index is 612. The first-order chi connectivity index (χ1) is 8.95. The number of Topliss-reactive ketones (excluding diaryl/α,β-unsaturated/α-hetero) is 1. The van der Waals surface area contributed by atoms with Crippen LogP contribution in [0.3, 0.4) is 0 Å². The van der Waals surface area contributed by atoms with Crippen molar-refractivity contribution >= 4 is 22.8 Å². The number of hydrogen-bond donors (Lipinski definition) is 2. The van der Waals surface area contributed by atoms with Gasteiger partial charge in [0.05, 0.1) is 0 Å². The lowest BCUT2D eigenvalue weighted by Gasteiger charge is -2.11. The number of nitrogens with one attached hydrogen (secondary N) is 1. The van der Waals surface area contributed by atoms with Gasteiger partial charge < -0.3 is 11.1 Å². The molecule has 98 valence electrons. The van der Waals surface area contributed by atoms with Crippen LogP contribution in [-0.4, -0.2) is 5.78 Å². The summed E-state index contributed by atoms with van der Waals surface area (Å²) in [5, 5.41) is 3.30. The lowest BCUT2D eigenvalue weighted by atomic mass is 10.1. The Balaban J connectivity index is 2.33. The van der Waals surface area contributed by atoms with Gasteiger partial charge in [-0.25, -0.2) is 0 Å². The molecule has 0 aliphatic rings. The molecule has 19 heavy (non-hydrogen) atoms. The van der Waals surface area contributed by atoms with Crippen molar-refractivity contribution in [2.24, 2.45) is 0 Å². The van der Waals surface area contributed by atoms with E-state index in [1.807, 2.05) is 6.07 Å². The second-order valence-corrected chi connectivity index (χ2v) is 4.86. The van der Waals surface area contributed by atoms with Gasteiger partial charge in [-0.05, 0) is 62.2 Å². The smallest absolute Gasteiger partial charge is 0.161 e. The van der Waals surface area contributed by atoms with Crippen LogP contribution < -0.4 is 11.1 Å². The standard InChI is InChI=1S/C16H18N2O/c1-10-6-11(2)8-14(7-10)18-13-4-5-16(17)15(9-13)12(3)19/h4-9,18H,17H2,1-3H3. The van der Waals surface area contributed by atoms with E-state index in [2.05, 4.69) is 37.4 Å². The van der Waals surface area contributed by atoms with Crippen LogP contribution in [0.5, 0.6) is 0 Å². The highest BCUT2D eigenvalue weighted by Gasteiger charge is 2.06. The third-order valence-electron chi connectivity index (χ3n) is 2.94. The lowest BCUT2D eigenvalue weighted by molar-refractivity contribution is 0.101. The number of aryl methyl sites for hydroxylation is 2. The number of nitrogen functional groups attached to an aromatic ring is 1. The van der Waals surface area contributed by atoms with Gasteiger partial charge in [-0.1, -0.05) is 6.07 Å². The van der Waals surface area contributed by atoms with Crippen molar-refractivity contribution in [3.05, 3.63) is 53.1 Å². The van der Waals surface area contributed by atoms with Gasteiger partial charge >= 0.3 is 0 Å². The summed E-state index contributed by atoms with van der Waals surface area (Å²) in [7, 11) is 0. The molecule has 3 N–H and O–H groups in total. The molecule has 0 aliphatic carbocycles. The molecule has 0 unspecified atom stereocenters. The van der Waals surface area contributed by atoms with Crippen molar-refractivity contribution in [1.29, 1.82) is 0 Å². The van der Waals surface area contributed by atoms with Crippen LogP contribution in [0, 0.1) is 13.8 Å². The Morgan fingerprint density at radius 1 is 1.00 bits per heavy atom. The van der Waals surface area contributed by atoms with Gasteiger partial charge in [0.2, 0.25) is 0 Å². The van der Waals surface area contributed by atoms with E-state index in [-0.39, 0.29) is 5.78 Å². The average molecular weight is 254 g/mol. The van der Waals surface area contributed by atoms with E-state index in [0.717, 1.165) is 11.4 Å². The van der Waals surface area contributed by atoms with Crippen molar-refractivity contribution in [3.8, 4) is 0 Å². The zero-order valence-electron chi connectivity index (χ0n) is 11.4. The third kappa shape index (κ3) is 3.13. The molecule has 0 saturated carbocycles. The maximum Gasteiger partial charge on any atom is 0.161 e. The highest BCUT2D eigenvalue weighted by molar-refractivity contribution is 6.00. The van der Waals surface area contributed by atoms with E-state index in [4.69, 9.17) is 5.73 Å². The molecule has 2 aromatic carbocycles. The molecule has 0 saturated heterocycles. The number of carbonyl (C=O) groups is 1. The molecule has 0 aliphatic heterocycles. The number of carbonyl (C=O) groups excluding carboxylic acids is 1. The Morgan fingerprint density at radius 2 is 1.63 bits per heavy atom. The van der Waals surface area contributed by atoms with Crippen molar-refractivity contribution in [1.82, 2.24) is 0 Å². The van der Waals surface area contributed by atoms with Crippen molar-refractivity contribution < 1.29 is 4.79 Å². The maximum absolute atomic E-state index is 11.5. The minimum Gasteiger partial charge on any atom is -0.398 e. The zero-order chi connectivity index (χ0) is 14.0. The van der Waals surface area contributed by atoms with Crippen molar-refractivity contribution in [2.75, 3.05) is 11.1 Å². The maximum atomic E-state index is 11.5. The topological polar surface area (TPSA) is 55.1 Å². The van der Waals surface area contributed by atoms with Crippen molar-refractivity contribution in [3.63, 3.8) is 0 Å². The summed E-state index contributed by atoms with van der Waals surface area (Å²) in [4.78, 5) is 11.5. The molecular formula is C16H18N2O. The Kier molecular flexibility index (Phi) is 3.56. The Hall–Kier alpha value is -2.29. The molecule has 0 heterocycles. The highest BCUT2D eigenvalue weighted by Crippen LogP contribution is 2.23. The molecule has 0 atom stereocenters. The van der Waals surface area contributed by atoms with E-state index in [1.54, 1.807) is 12.1 Å². The number of nitrogens with two attached hydrogens (primary N) is 1. The first-order valence-electron chi connectivity index (χ1n) is 6.21. The number of anilines is 3. The second-order valence-electron chi connectivity index (χ2n) is 4.86. The molecule has 3 heteroatoms. The van der Waals surface area contributed by atoms with Gasteiger partial charge in [0.15, 0.2) is 5.78 Å². The van der Waals surface area contributed by atoms with Gasteiger partial charge in [0.1, 0.15) is 0 Å². The molecule has 0 amide bonds. The summed E-state index contributed by atoms with van der Waals surface area (Å²) < 4.78 is 0. The van der Waals surface area contributed by atoms with Crippen molar-refractivity contribution in [2.45, 2.75) is 20.8 Å². The summed E-state index contributed by atoms with van der Waals surface area (Å²) >= 11 is 0. The van der Waals surface area contributed by atoms with Crippen LogP contribution in [0.2, 0.25) is 0 Å². The Morgan fingerprint density at radius 3 is 2.21 bits per heavy atom. The quantitative estimate of drug-likeness (QED) is 0.646. The van der Waals surface area contributed by atoms with Gasteiger partial charge in [0.25, 0.3) is 0 Å². The predicted molar refractivity (Wildman–Crippen MR) is 80.1 cm³/mol. The Labute approximate surface area is 113 Å². The van der Waals surface area contributed by atoms with E-state index >= 15 is 0 Å². The molecule has 3 nitrogen and oxygen atoms in total. The van der Waals surface area contributed by atoms with Gasteiger partial charge in [-0.3, -0.25) is 4.79 Å². The second kappa shape index (κ2) is 5.14. The van der Waals surface area contributed by atoms with Gasteiger partial charge in [-0.15, -0.1) is 0 Å². The minimum atomic E-state index is -0.0263. The van der Waals surface area contributed by atoms with E-state index in [9.17, 15) is 4.79 Å². The lowest BCUT2D eigenvalue weighted by Crippen LogP contribution is -2.01. The predicted octanol–water partition coefficient (Wildman–Crippen LogP) is 3.83. The van der Waals surface area contributed by atoms with Crippen LogP contribution in [-0.2, 0) is 0 Å². The monoisotopic (exact) mass is 254 g/mol. The molecule has 0 radical (unpaired) electrons. The normalized spacial score (nSPS) is 10.3. The fourth-order valence-corrected chi connectivity index (χ4v) is 2.15. The minimum absolute atomic E-state index is 0.0263. The molecule has 0 fully saturated rings. The van der Waals surface area contributed by atoms with Crippen LogP contribution in [0.15, 0.2) is 36.4 Å². The number of hydrogen-bond acceptors (Lipinski definition) is 3. The summed E-state index contributed by atoms with van der Waals surface area (Å²) in [5.41, 5.74) is 11.1. The summed E-state index contributed by atoms with van der Waals surface area (Å²) in [5.74, 6) is -0.0263. The summed E-state index contributed by atoms with van der Waals surface area (Å²) in [6.45, 7) is 5.64. The number of rotatable bonds is 3. The van der Waals surface area contributed by atoms with Gasteiger partial charge in [0, 0.05) is 22.6 Å². The zero-order valence-corrected chi connectivity index (χ0v) is 11.4. The van der Waals surface area contributed by atoms with Crippen LogP contribution >= 0.6 is 0 Å². The molecule has 0 aromatic heterocycles. The third-order valence-corrected chi connectivity index (χ3v) is 2.94. The first-order valence-corrected chi connectivity index (χ1v) is 6.21. The fourth-order valence-electron chi connectivity index (χ4n) is 2.15. The van der Waals surface area contributed by atoms with Crippen LogP contribution in [0.4, 0.5) is 17.1 Å². The van der Waals surface area contributed by atoms with E-state index in [1.165, 1.54) is 18.1 Å². The molecule has 2 aromatic rings. The summed E-state index contributed by atoms with van der Waals surface area (Å²) in [6.07, 6.45) is 0. The fraction of sp³-hybridized carbons (Fsp3) is 0.188. The first kappa shape index (κ1) is 13.1. The van der Waals surface area contributed by atoms with Gasteiger partial charge in [-0.2, -0.15) is 0 Å².